The minimum atomic E-state index is -0.853. The summed E-state index contributed by atoms with van der Waals surface area (Å²) in [5.74, 6) is -0.151. The average molecular weight is 248 g/mol. The highest BCUT2D eigenvalue weighted by atomic mass is 16.8. The largest absolute Gasteiger partial charge is 0.535 e. The monoisotopic (exact) mass is 248 g/mol. The molecule has 0 aromatic carbocycles. The lowest BCUT2D eigenvalue weighted by Gasteiger charge is -2.17. The van der Waals surface area contributed by atoms with Gasteiger partial charge in [-0.2, -0.15) is 5.26 Å². The molecule has 0 saturated heterocycles. The number of ether oxygens (including phenoxy) is 1. The van der Waals surface area contributed by atoms with E-state index in [1.165, 1.54) is 0 Å². The van der Waals surface area contributed by atoms with E-state index in [1.54, 1.807) is 32.9 Å². The summed E-state index contributed by atoms with van der Waals surface area (Å²) in [7, 11) is 0. The van der Waals surface area contributed by atoms with Gasteiger partial charge in [0.2, 0.25) is 0 Å². The maximum atomic E-state index is 11.3. The van der Waals surface area contributed by atoms with E-state index in [4.69, 9.17) is 10.00 Å². The molecule has 1 atom stereocenters. The molecule has 0 radical (unpaired) electrons. The van der Waals surface area contributed by atoms with Crippen molar-refractivity contribution in [2.45, 2.75) is 32.8 Å². The summed E-state index contributed by atoms with van der Waals surface area (Å²) in [6, 6.07) is 2.06. The molecule has 5 heteroatoms. The lowest BCUT2D eigenvalue weighted by atomic mass is 9.96. The summed E-state index contributed by atoms with van der Waals surface area (Å²) in [5, 5.41) is 12.4. The van der Waals surface area contributed by atoms with E-state index in [9.17, 15) is 4.79 Å². The van der Waals surface area contributed by atoms with Gasteiger partial charge in [-0.3, -0.25) is 4.84 Å². The maximum absolute atomic E-state index is 11.3. The van der Waals surface area contributed by atoms with Crippen molar-refractivity contribution >= 4 is 11.9 Å². The topological polar surface area (TPSA) is 71.7 Å². The number of rotatable bonds is 2. The summed E-state index contributed by atoms with van der Waals surface area (Å²) in [4.78, 5) is 16.0. The van der Waals surface area contributed by atoms with E-state index in [-0.39, 0.29) is 12.3 Å². The van der Waals surface area contributed by atoms with Gasteiger partial charge in [-0.1, -0.05) is 23.4 Å². The second kappa shape index (κ2) is 6.01. The number of hydrogen-bond donors (Lipinski definition) is 0. The molecule has 0 aromatic heterocycles. The van der Waals surface area contributed by atoms with Crippen molar-refractivity contribution in [2.75, 3.05) is 0 Å². The zero-order valence-electron chi connectivity index (χ0n) is 10.7. The summed E-state index contributed by atoms with van der Waals surface area (Å²) < 4.78 is 4.95. The predicted octanol–water partition coefficient (Wildman–Crippen LogP) is 2.95. The van der Waals surface area contributed by atoms with Gasteiger partial charge in [-0.25, -0.2) is 4.79 Å². The summed E-state index contributed by atoms with van der Waals surface area (Å²) in [6.45, 7) is 5.22. The third kappa shape index (κ3) is 4.83. The van der Waals surface area contributed by atoms with E-state index in [0.717, 1.165) is 0 Å². The van der Waals surface area contributed by atoms with Gasteiger partial charge in [0.25, 0.3) is 0 Å². The first-order valence-electron chi connectivity index (χ1n) is 5.62. The minimum absolute atomic E-state index is 0.151. The highest BCUT2D eigenvalue weighted by Gasteiger charge is 2.19. The van der Waals surface area contributed by atoms with E-state index < -0.39 is 11.8 Å². The molecule has 0 heterocycles. The highest BCUT2D eigenvalue weighted by Crippen LogP contribution is 2.14. The van der Waals surface area contributed by atoms with Crippen molar-refractivity contribution in [1.82, 2.24) is 0 Å². The molecule has 1 aliphatic carbocycles. The lowest BCUT2D eigenvalue weighted by molar-refractivity contribution is -0.00632. The predicted molar refractivity (Wildman–Crippen MR) is 66.8 cm³/mol. The molecule has 1 rings (SSSR count). The molecule has 0 bridgehead atoms. The summed E-state index contributed by atoms with van der Waals surface area (Å²) in [6.07, 6.45) is 6.57. The smallest absolute Gasteiger partial charge is 0.427 e. The average Bonchev–Trinajstić information content (AvgIpc) is 2.26. The van der Waals surface area contributed by atoms with Crippen molar-refractivity contribution in [3.05, 3.63) is 24.3 Å². The minimum Gasteiger partial charge on any atom is -0.427 e. The van der Waals surface area contributed by atoms with Gasteiger partial charge in [0.05, 0.1) is 11.8 Å². The van der Waals surface area contributed by atoms with Crippen LogP contribution in [0.1, 0.15) is 27.2 Å². The van der Waals surface area contributed by atoms with Crippen LogP contribution in [-0.4, -0.2) is 17.5 Å². The number of carbonyl (C=O) groups is 1. The van der Waals surface area contributed by atoms with Crippen LogP contribution in [-0.2, 0) is 9.57 Å². The molecule has 1 unspecified atom stereocenters. The fourth-order valence-electron chi connectivity index (χ4n) is 1.30. The Morgan fingerprint density at radius 3 is 2.83 bits per heavy atom. The fourth-order valence-corrected chi connectivity index (χ4v) is 1.30. The van der Waals surface area contributed by atoms with Crippen molar-refractivity contribution < 1.29 is 14.4 Å². The molecule has 1 aliphatic rings. The standard InChI is InChI=1S/C13H16N2O3/c1-13(2,3)17-12(16)18-15-11-7-5-4-6-10(11)8-9-14/h4-7,10H,8H2,1-3H3. The van der Waals surface area contributed by atoms with Gasteiger partial charge in [0.1, 0.15) is 5.60 Å². The number of carbonyl (C=O) groups excluding carboxylic acids is 1. The zero-order chi connectivity index (χ0) is 13.6. The second-order valence-corrected chi connectivity index (χ2v) is 4.78. The Balaban J connectivity index is 2.61. The fraction of sp³-hybridized carbons (Fsp3) is 0.462. The summed E-state index contributed by atoms with van der Waals surface area (Å²) in [5.41, 5.74) is -0.0871. The molecular weight excluding hydrogens is 232 g/mol. The molecule has 0 spiro atoms. The third-order valence-electron chi connectivity index (χ3n) is 2.03. The molecule has 0 amide bonds. The van der Waals surface area contributed by atoms with Crippen molar-refractivity contribution in [3.63, 3.8) is 0 Å². The molecule has 0 saturated carbocycles. The van der Waals surface area contributed by atoms with E-state index in [1.807, 2.05) is 12.2 Å². The number of oxime groups is 1. The number of nitrogens with zero attached hydrogens (tertiary/aromatic N) is 2. The van der Waals surface area contributed by atoms with E-state index >= 15 is 0 Å². The van der Waals surface area contributed by atoms with Crippen LogP contribution in [0.5, 0.6) is 0 Å². The Kier molecular flexibility index (Phi) is 4.67. The van der Waals surface area contributed by atoms with Gasteiger partial charge in [0, 0.05) is 12.3 Å². The Labute approximate surface area is 106 Å². The highest BCUT2D eigenvalue weighted by molar-refractivity contribution is 5.99. The van der Waals surface area contributed by atoms with Crippen molar-refractivity contribution in [3.8, 4) is 6.07 Å². The van der Waals surface area contributed by atoms with Crippen LogP contribution < -0.4 is 0 Å². The van der Waals surface area contributed by atoms with Crippen LogP contribution in [0.3, 0.4) is 0 Å². The van der Waals surface area contributed by atoms with Crippen LogP contribution in [0.4, 0.5) is 4.79 Å². The Morgan fingerprint density at radius 2 is 2.22 bits per heavy atom. The number of hydrogen-bond acceptors (Lipinski definition) is 5. The molecule has 5 nitrogen and oxygen atoms in total. The Bertz CT molecular complexity index is 436. The molecular formula is C13H16N2O3. The van der Waals surface area contributed by atoms with Gasteiger partial charge in [-0.05, 0) is 26.8 Å². The first-order chi connectivity index (χ1) is 8.42. The van der Waals surface area contributed by atoms with Crippen LogP contribution in [0.25, 0.3) is 0 Å². The quantitative estimate of drug-likeness (QED) is 0.428. The van der Waals surface area contributed by atoms with Crippen molar-refractivity contribution in [1.29, 1.82) is 5.26 Å². The van der Waals surface area contributed by atoms with Crippen LogP contribution >= 0.6 is 0 Å². The summed E-state index contributed by atoms with van der Waals surface area (Å²) >= 11 is 0. The van der Waals surface area contributed by atoms with Crippen LogP contribution in [0.2, 0.25) is 0 Å². The molecule has 18 heavy (non-hydrogen) atoms. The second-order valence-electron chi connectivity index (χ2n) is 4.78. The van der Waals surface area contributed by atoms with Gasteiger partial charge < -0.3 is 4.74 Å². The molecule has 0 fully saturated rings. The third-order valence-corrected chi connectivity index (χ3v) is 2.03. The zero-order valence-corrected chi connectivity index (χ0v) is 10.7. The van der Waals surface area contributed by atoms with Crippen LogP contribution in [0.15, 0.2) is 29.5 Å². The first kappa shape index (κ1) is 14.0. The van der Waals surface area contributed by atoms with Gasteiger partial charge >= 0.3 is 6.16 Å². The van der Waals surface area contributed by atoms with Gasteiger partial charge in [-0.15, -0.1) is 0 Å². The molecule has 96 valence electrons. The first-order valence-corrected chi connectivity index (χ1v) is 5.62. The Morgan fingerprint density at radius 1 is 1.50 bits per heavy atom. The van der Waals surface area contributed by atoms with Crippen molar-refractivity contribution in [2.24, 2.45) is 11.1 Å². The maximum Gasteiger partial charge on any atom is 0.535 e. The number of nitriles is 1. The molecule has 0 aromatic rings. The number of allylic oxidation sites excluding steroid dienone is 4. The molecule has 0 aliphatic heterocycles. The van der Waals surface area contributed by atoms with Gasteiger partial charge in [0.15, 0.2) is 0 Å². The van der Waals surface area contributed by atoms with E-state index in [0.29, 0.717) is 5.71 Å². The van der Waals surface area contributed by atoms with E-state index in [2.05, 4.69) is 16.1 Å². The lowest BCUT2D eigenvalue weighted by Crippen LogP contribution is -2.24. The Hall–Kier alpha value is -2.09. The molecule has 0 N–H and O–H groups in total. The normalized spacial score (nSPS) is 20.6. The van der Waals surface area contributed by atoms with Crippen LogP contribution in [0, 0.1) is 17.2 Å². The SMILES string of the molecule is CC(C)(C)OC(=O)ON=C1C=CC=CC1CC#N.